The molecule has 0 aliphatic heterocycles. The van der Waals surface area contributed by atoms with Crippen molar-refractivity contribution >= 4 is 23.2 Å². The average molecular weight is 285 g/mol. The van der Waals surface area contributed by atoms with Gasteiger partial charge in [0.2, 0.25) is 0 Å². The van der Waals surface area contributed by atoms with Gasteiger partial charge in [-0.15, -0.1) is 0 Å². The van der Waals surface area contributed by atoms with Crippen LogP contribution in [-0.4, -0.2) is 11.9 Å². The van der Waals surface area contributed by atoms with Crippen molar-refractivity contribution in [1.29, 1.82) is 0 Å². The maximum Gasteiger partial charge on any atom is 0.323 e. The Morgan fingerprint density at radius 3 is 2.38 bits per heavy atom. The Hall–Kier alpha value is -2.86. The zero-order valence-electron chi connectivity index (χ0n) is 11.6. The number of quaternary nitrogens is 1. The quantitative estimate of drug-likeness (QED) is 0.386. The van der Waals surface area contributed by atoms with Crippen LogP contribution in [0.3, 0.4) is 0 Å². The van der Waals surface area contributed by atoms with Crippen LogP contribution in [0, 0.1) is 0 Å². The van der Waals surface area contributed by atoms with Crippen molar-refractivity contribution in [1.82, 2.24) is 0 Å². The fourth-order valence-corrected chi connectivity index (χ4v) is 1.84. The summed E-state index contributed by atoms with van der Waals surface area (Å²) in [4.78, 5) is 11.9. The molecule has 9 N–H and O–H groups in total. The predicted molar refractivity (Wildman–Crippen MR) is 82.3 cm³/mol. The maximum absolute atomic E-state index is 11.9. The molecule has 0 aromatic heterocycles. The molecule has 0 spiro atoms. The minimum Gasteiger partial charge on any atom is -0.354 e. The Morgan fingerprint density at radius 2 is 1.76 bits per heavy atom. The normalized spacial score (nSPS) is 9.95. The molecule has 2 aromatic carbocycles. The highest BCUT2D eigenvalue weighted by molar-refractivity contribution is 6.00. The van der Waals surface area contributed by atoms with E-state index in [0.717, 1.165) is 16.8 Å². The maximum atomic E-state index is 11.9. The molecule has 0 atom stereocenters. The molecule has 2 rings (SSSR count). The van der Waals surface area contributed by atoms with Gasteiger partial charge >= 0.3 is 6.03 Å². The summed E-state index contributed by atoms with van der Waals surface area (Å²) in [7, 11) is 0. The van der Waals surface area contributed by atoms with Crippen LogP contribution in [0.1, 0.15) is 11.1 Å². The van der Waals surface area contributed by atoms with Crippen LogP contribution in [-0.2, 0) is 6.54 Å². The number of hydrogen-bond acceptors (Lipinski definition) is 1. The molecule has 6 heteroatoms. The van der Waals surface area contributed by atoms with Crippen molar-refractivity contribution in [3.05, 3.63) is 59.7 Å². The van der Waals surface area contributed by atoms with Crippen molar-refractivity contribution in [2.45, 2.75) is 6.54 Å². The number of anilines is 2. The summed E-state index contributed by atoms with van der Waals surface area (Å²) >= 11 is 0. The average Bonchev–Trinajstić information content (AvgIpc) is 2.47. The van der Waals surface area contributed by atoms with Crippen LogP contribution < -0.4 is 27.5 Å². The van der Waals surface area contributed by atoms with E-state index in [1.165, 1.54) is 0 Å². The lowest BCUT2D eigenvalue weighted by Gasteiger charge is -2.08. The minimum atomic E-state index is -0.311. The first kappa shape index (κ1) is 14.5. The first-order valence-corrected chi connectivity index (χ1v) is 6.53. The fraction of sp³-hybridized carbons (Fsp3) is 0.0667. The summed E-state index contributed by atoms with van der Waals surface area (Å²) in [5.41, 5.74) is 12.5. The molecule has 108 valence electrons. The van der Waals surface area contributed by atoms with Crippen molar-refractivity contribution in [3.8, 4) is 0 Å². The molecule has 6 nitrogen and oxygen atoms in total. The number of amides is 2. The fourth-order valence-electron chi connectivity index (χ4n) is 1.84. The first-order valence-electron chi connectivity index (χ1n) is 6.53. The molecule has 2 amide bonds. The lowest BCUT2D eigenvalue weighted by molar-refractivity contribution is -0.386. The molecule has 2 aromatic rings. The number of urea groups is 1. The zero-order chi connectivity index (χ0) is 15.2. The molecular weight excluding hydrogens is 266 g/mol. The van der Waals surface area contributed by atoms with Gasteiger partial charge in [0, 0.05) is 16.9 Å². The predicted octanol–water partition coefficient (Wildman–Crippen LogP) is -0.463. The molecule has 21 heavy (non-hydrogen) atoms. The van der Waals surface area contributed by atoms with Crippen molar-refractivity contribution in [3.63, 3.8) is 0 Å². The van der Waals surface area contributed by atoms with E-state index in [-0.39, 0.29) is 11.9 Å². The summed E-state index contributed by atoms with van der Waals surface area (Å²) in [6, 6.07) is 14.2. The van der Waals surface area contributed by atoms with E-state index in [9.17, 15) is 4.79 Å². The SMILES string of the molecule is NC(=[NH2+])c1ccc(NC(=O)Nc2cccc(C[NH3+])c2)cc1. The standard InChI is InChI=1S/C15H17N5O/c16-9-10-2-1-3-13(8-10)20-15(21)19-12-6-4-11(5-7-12)14(17)18/h1-8H,9,16H2,(H3,17,18)(H2,19,20,21)/p+2. The van der Waals surface area contributed by atoms with Gasteiger partial charge in [0.1, 0.15) is 0 Å². The number of hydrogen-bond donors (Lipinski definition) is 5. The third-order valence-corrected chi connectivity index (χ3v) is 2.95. The van der Waals surface area contributed by atoms with E-state index in [0.29, 0.717) is 12.2 Å². The molecule has 0 heterocycles. The van der Waals surface area contributed by atoms with Crippen LogP contribution in [0.15, 0.2) is 48.5 Å². The molecule has 0 radical (unpaired) electrons. The summed E-state index contributed by atoms with van der Waals surface area (Å²) < 4.78 is 0. The summed E-state index contributed by atoms with van der Waals surface area (Å²) in [5.74, 6) is 0.246. The number of rotatable bonds is 4. The van der Waals surface area contributed by atoms with Crippen molar-refractivity contribution in [2.24, 2.45) is 5.73 Å². The molecule has 0 aliphatic carbocycles. The van der Waals surface area contributed by atoms with Crippen LogP contribution in [0.4, 0.5) is 16.2 Å². The van der Waals surface area contributed by atoms with Gasteiger partial charge in [-0.05, 0) is 36.4 Å². The highest BCUT2D eigenvalue weighted by Gasteiger charge is 2.05. The Morgan fingerprint density at radius 1 is 1.10 bits per heavy atom. The first-order chi connectivity index (χ1) is 10.1. The van der Waals surface area contributed by atoms with Gasteiger partial charge in [-0.2, -0.15) is 0 Å². The van der Waals surface area contributed by atoms with Crippen LogP contribution >= 0.6 is 0 Å². The smallest absolute Gasteiger partial charge is 0.323 e. The van der Waals surface area contributed by atoms with Gasteiger partial charge in [-0.1, -0.05) is 12.1 Å². The van der Waals surface area contributed by atoms with E-state index in [1.807, 2.05) is 24.3 Å². The van der Waals surface area contributed by atoms with Crippen molar-refractivity contribution < 1.29 is 15.9 Å². The van der Waals surface area contributed by atoms with Crippen LogP contribution in [0.25, 0.3) is 0 Å². The van der Waals surface area contributed by atoms with Crippen LogP contribution in [0.2, 0.25) is 0 Å². The van der Waals surface area contributed by atoms with E-state index < -0.39 is 0 Å². The third-order valence-electron chi connectivity index (χ3n) is 2.95. The highest BCUT2D eigenvalue weighted by atomic mass is 16.2. The second-order valence-electron chi connectivity index (χ2n) is 4.56. The van der Waals surface area contributed by atoms with Gasteiger partial charge in [-0.25, -0.2) is 4.79 Å². The zero-order valence-corrected chi connectivity index (χ0v) is 11.6. The Balaban J connectivity index is 1.99. The molecule has 0 aliphatic rings. The van der Waals surface area contributed by atoms with Gasteiger partial charge in [0.15, 0.2) is 0 Å². The van der Waals surface area contributed by atoms with Crippen LogP contribution in [0.5, 0.6) is 0 Å². The molecule has 0 unspecified atom stereocenters. The van der Waals surface area contributed by atoms with Gasteiger partial charge in [-0.3, -0.25) is 11.1 Å². The molecular formula is C15H19N5O+2. The number of carbonyl (C=O) groups excluding carboxylic acids is 1. The Labute approximate surface area is 122 Å². The number of nitrogens with one attached hydrogen (secondary N) is 2. The van der Waals surface area contributed by atoms with Gasteiger partial charge < -0.3 is 16.4 Å². The second-order valence-corrected chi connectivity index (χ2v) is 4.56. The molecule has 0 saturated carbocycles. The van der Waals surface area contributed by atoms with Gasteiger partial charge in [0.05, 0.1) is 12.1 Å². The van der Waals surface area contributed by atoms with Crippen molar-refractivity contribution in [2.75, 3.05) is 10.6 Å². The summed E-state index contributed by atoms with van der Waals surface area (Å²) in [6.07, 6.45) is 0. The second kappa shape index (κ2) is 6.53. The Kier molecular flexibility index (Phi) is 4.53. The summed E-state index contributed by atoms with van der Waals surface area (Å²) in [6.45, 7) is 0.676. The number of benzene rings is 2. The van der Waals surface area contributed by atoms with E-state index in [4.69, 9.17) is 11.1 Å². The van der Waals surface area contributed by atoms with E-state index >= 15 is 0 Å². The van der Waals surface area contributed by atoms with Gasteiger partial charge in [0.25, 0.3) is 5.84 Å². The summed E-state index contributed by atoms with van der Waals surface area (Å²) in [5, 5.41) is 11.0. The minimum absolute atomic E-state index is 0.246. The molecule has 0 fully saturated rings. The third kappa shape index (κ3) is 4.05. The largest absolute Gasteiger partial charge is 0.354 e. The Bertz CT molecular complexity index is 651. The number of carbonyl (C=O) groups is 1. The highest BCUT2D eigenvalue weighted by Crippen LogP contribution is 2.12. The number of amidine groups is 1. The topological polar surface area (TPSA) is 120 Å². The lowest BCUT2D eigenvalue weighted by atomic mass is 10.2. The number of nitrogens with two attached hydrogens (primary N) is 2. The van der Waals surface area contributed by atoms with E-state index in [2.05, 4.69) is 16.4 Å². The monoisotopic (exact) mass is 285 g/mol. The van der Waals surface area contributed by atoms with E-state index in [1.54, 1.807) is 24.3 Å². The molecule has 0 saturated heterocycles. The molecule has 0 bridgehead atoms. The lowest BCUT2D eigenvalue weighted by Crippen LogP contribution is -2.47.